The minimum absolute atomic E-state index is 0.0326. The standard InChI is InChI=1S/C21H25ClN2O2/c1-24(2)18(17-9-4-5-10-19(17)26-3)14-23-20(25)21(11-12-21)15-7-6-8-16(22)13-15/h4-10,13,18H,11-12,14H2,1-3H3,(H,23,25). The van der Waals surface area contributed by atoms with Gasteiger partial charge in [-0.1, -0.05) is 41.9 Å². The van der Waals surface area contributed by atoms with E-state index in [1.54, 1.807) is 7.11 Å². The Labute approximate surface area is 160 Å². The average molecular weight is 373 g/mol. The monoisotopic (exact) mass is 372 g/mol. The van der Waals surface area contributed by atoms with Gasteiger partial charge < -0.3 is 15.0 Å². The zero-order valence-electron chi connectivity index (χ0n) is 15.5. The number of para-hydroxylation sites is 1. The van der Waals surface area contributed by atoms with E-state index in [2.05, 4.69) is 10.2 Å². The molecule has 1 fully saturated rings. The van der Waals surface area contributed by atoms with E-state index in [1.165, 1.54) is 0 Å². The third-order valence-corrected chi connectivity index (χ3v) is 5.37. The molecule has 2 aromatic rings. The van der Waals surface area contributed by atoms with Crippen LogP contribution in [0.5, 0.6) is 5.75 Å². The summed E-state index contributed by atoms with van der Waals surface area (Å²) in [7, 11) is 5.68. The number of methoxy groups -OCH3 is 1. The Balaban J connectivity index is 1.75. The maximum absolute atomic E-state index is 12.9. The zero-order valence-corrected chi connectivity index (χ0v) is 16.2. The highest BCUT2D eigenvalue weighted by Gasteiger charge is 2.51. The van der Waals surface area contributed by atoms with Gasteiger partial charge >= 0.3 is 0 Å². The second-order valence-corrected chi connectivity index (χ2v) is 7.46. The van der Waals surface area contributed by atoms with Crippen LogP contribution in [0.1, 0.15) is 30.0 Å². The normalized spacial score (nSPS) is 16.2. The average Bonchev–Trinajstić information content (AvgIpc) is 3.44. The van der Waals surface area contributed by atoms with Gasteiger partial charge in [0.25, 0.3) is 0 Å². The van der Waals surface area contributed by atoms with Crippen molar-refractivity contribution in [3.63, 3.8) is 0 Å². The highest BCUT2D eigenvalue weighted by Crippen LogP contribution is 2.49. The van der Waals surface area contributed by atoms with Crippen molar-refractivity contribution < 1.29 is 9.53 Å². The van der Waals surface area contributed by atoms with Crippen LogP contribution in [0.4, 0.5) is 0 Å². The van der Waals surface area contributed by atoms with Gasteiger partial charge in [-0.3, -0.25) is 4.79 Å². The van der Waals surface area contributed by atoms with Crippen LogP contribution in [-0.2, 0) is 10.2 Å². The van der Waals surface area contributed by atoms with E-state index < -0.39 is 5.41 Å². The summed E-state index contributed by atoms with van der Waals surface area (Å²) in [5, 5.41) is 3.82. The van der Waals surface area contributed by atoms with Crippen LogP contribution in [0.2, 0.25) is 5.02 Å². The lowest BCUT2D eigenvalue weighted by Gasteiger charge is -2.27. The molecule has 26 heavy (non-hydrogen) atoms. The summed E-state index contributed by atoms with van der Waals surface area (Å²) < 4.78 is 5.49. The molecule has 2 aromatic carbocycles. The van der Waals surface area contributed by atoms with E-state index in [9.17, 15) is 4.79 Å². The topological polar surface area (TPSA) is 41.6 Å². The smallest absolute Gasteiger partial charge is 0.230 e. The molecule has 1 saturated carbocycles. The van der Waals surface area contributed by atoms with Crippen molar-refractivity contribution in [2.75, 3.05) is 27.7 Å². The number of hydrogen-bond acceptors (Lipinski definition) is 3. The van der Waals surface area contributed by atoms with Crippen molar-refractivity contribution in [3.05, 3.63) is 64.7 Å². The van der Waals surface area contributed by atoms with Gasteiger partial charge in [0, 0.05) is 17.1 Å². The minimum atomic E-state index is -0.428. The van der Waals surface area contributed by atoms with Gasteiger partial charge in [0.2, 0.25) is 5.91 Å². The number of amides is 1. The van der Waals surface area contributed by atoms with E-state index in [0.29, 0.717) is 11.6 Å². The van der Waals surface area contributed by atoms with Crippen molar-refractivity contribution in [1.29, 1.82) is 0 Å². The SMILES string of the molecule is COc1ccccc1C(CNC(=O)C1(c2cccc(Cl)c2)CC1)N(C)C. The first-order chi connectivity index (χ1) is 12.5. The van der Waals surface area contributed by atoms with Crippen LogP contribution in [-0.4, -0.2) is 38.6 Å². The number of ether oxygens (including phenoxy) is 1. The molecule has 1 N–H and O–H groups in total. The first-order valence-corrected chi connectivity index (χ1v) is 9.19. The predicted molar refractivity (Wildman–Crippen MR) is 105 cm³/mol. The van der Waals surface area contributed by atoms with Crippen molar-refractivity contribution >= 4 is 17.5 Å². The number of nitrogens with zero attached hydrogens (tertiary/aromatic N) is 1. The molecule has 1 unspecified atom stereocenters. The number of carbonyl (C=O) groups is 1. The summed E-state index contributed by atoms with van der Waals surface area (Å²) in [6, 6.07) is 15.6. The van der Waals surface area contributed by atoms with E-state index in [-0.39, 0.29) is 11.9 Å². The van der Waals surface area contributed by atoms with Crippen LogP contribution in [0.15, 0.2) is 48.5 Å². The summed E-state index contributed by atoms with van der Waals surface area (Å²) in [6.07, 6.45) is 1.72. The van der Waals surface area contributed by atoms with Gasteiger partial charge in [0.05, 0.1) is 18.6 Å². The van der Waals surface area contributed by atoms with Crippen LogP contribution in [0.3, 0.4) is 0 Å². The van der Waals surface area contributed by atoms with Crippen molar-refractivity contribution in [2.45, 2.75) is 24.3 Å². The molecule has 0 aliphatic heterocycles. The number of carbonyl (C=O) groups excluding carboxylic acids is 1. The van der Waals surface area contributed by atoms with Crippen LogP contribution in [0, 0.1) is 0 Å². The molecular formula is C21H25ClN2O2. The number of likely N-dealkylation sites (N-methyl/N-ethyl adjacent to an activating group) is 1. The molecule has 0 heterocycles. The summed E-state index contributed by atoms with van der Waals surface area (Å²) in [6.45, 7) is 0.522. The summed E-state index contributed by atoms with van der Waals surface area (Å²) >= 11 is 6.11. The predicted octanol–water partition coefficient (Wildman–Crippen LogP) is 3.80. The Hall–Kier alpha value is -2.04. The number of halogens is 1. The summed E-state index contributed by atoms with van der Waals surface area (Å²) in [4.78, 5) is 15.0. The molecule has 1 atom stereocenters. The quantitative estimate of drug-likeness (QED) is 0.803. The molecule has 4 nitrogen and oxygen atoms in total. The molecule has 1 amide bonds. The Morgan fingerprint density at radius 3 is 2.58 bits per heavy atom. The van der Waals surface area contributed by atoms with Crippen LogP contribution < -0.4 is 10.1 Å². The highest BCUT2D eigenvalue weighted by atomic mass is 35.5. The lowest BCUT2D eigenvalue weighted by Crippen LogP contribution is -2.40. The maximum Gasteiger partial charge on any atom is 0.230 e. The first-order valence-electron chi connectivity index (χ1n) is 8.81. The molecule has 138 valence electrons. The molecule has 1 aliphatic rings. The van der Waals surface area contributed by atoms with Crippen LogP contribution >= 0.6 is 11.6 Å². The van der Waals surface area contributed by atoms with E-state index >= 15 is 0 Å². The number of nitrogens with one attached hydrogen (secondary N) is 1. The largest absolute Gasteiger partial charge is 0.496 e. The molecule has 3 rings (SSSR count). The molecule has 5 heteroatoms. The molecular weight excluding hydrogens is 348 g/mol. The molecule has 0 aromatic heterocycles. The Morgan fingerprint density at radius 2 is 1.96 bits per heavy atom. The second-order valence-electron chi connectivity index (χ2n) is 7.02. The van der Waals surface area contributed by atoms with Gasteiger partial charge in [-0.15, -0.1) is 0 Å². The fourth-order valence-corrected chi connectivity index (χ4v) is 3.62. The second kappa shape index (κ2) is 7.68. The number of hydrogen-bond donors (Lipinski definition) is 1. The Bertz CT molecular complexity index is 787. The minimum Gasteiger partial charge on any atom is -0.496 e. The van der Waals surface area contributed by atoms with Gasteiger partial charge in [0.1, 0.15) is 5.75 Å². The first kappa shape index (κ1) is 18.7. The number of rotatable bonds is 7. The van der Waals surface area contributed by atoms with Crippen molar-refractivity contribution in [3.8, 4) is 5.75 Å². The van der Waals surface area contributed by atoms with E-state index in [1.807, 2.05) is 62.6 Å². The van der Waals surface area contributed by atoms with Gasteiger partial charge in [-0.25, -0.2) is 0 Å². The number of benzene rings is 2. The molecule has 0 spiro atoms. The zero-order chi connectivity index (χ0) is 18.7. The third-order valence-electron chi connectivity index (χ3n) is 5.14. The Kier molecular flexibility index (Phi) is 5.54. The highest BCUT2D eigenvalue weighted by molar-refractivity contribution is 6.30. The fourth-order valence-electron chi connectivity index (χ4n) is 3.43. The van der Waals surface area contributed by atoms with Crippen LogP contribution in [0.25, 0.3) is 0 Å². The summed E-state index contributed by atoms with van der Waals surface area (Å²) in [5.74, 6) is 0.901. The fraction of sp³-hybridized carbons (Fsp3) is 0.381. The maximum atomic E-state index is 12.9. The Morgan fingerprint density at radius 1 is 1.23 bits per heavy atom. The van der Waals surface area contributed by atoms with Gasteiger partial charge in [-0.2, -0.15) is 0 Å². The summed E-state index contributed by atoms with van der Waals surface area (Å²) in [5.41, 5.74) is 1.64. The van der Waals surface area contributed by atoms with Gasteiger partial charge in [0.15, 0.2) is 0 Å². The van der Waals surface area contributed by atoms with Crippen molar-refractivity contribution in [2.24, 2.45) is 0 Å². The van der Waals surface area contributed by atoms with E-state index in [4.69, 9.17) is 16.3 Å². The molecule has 0 radical (unpaired) electrons. The van der Waals surface area contributed by atoms with Crippen molar-refractivity contribution in [1.82, 2.24) is 10.2 Å². The van der Waals surface area contributed by atoms with E-state index in [0.717, 1.165) is 29.7 Å². The molecule has 1 aliphatic carbocycles. The third kappa shape index (κ3) is 3.71. The molecule has 0 saturated heterocycles. The molecule has 0 bridgehead atoms. The van der Waals surface area contributed by atoms with Gasteiger partial charge in [-0.05, 0) is 50.7 Å². The lowest BCUT2D eigenvalue weighted by atomic mass is 9.94. The lowest BCUT2D eigenvalue weighted by molar-refractivity contribution is -0.123.